The van der Waals surface area contributed by atoms with Crippen LogP contribution in [0.3, 0.4) is 0 Å². The Hall–Kier alpha value is -2.37. The Morgan fingerprint density at radius 1 is 1.30 bits per heavy atom. The molecule has 0 atom stereocenters. The zero-order valence-electron chi connectivity index (χ0n) is 13.1. The Bertz CT molecular complexity index is 661. The maximum atomic E-state index is 13.0. The first-order valence-corrected chi connectivity index (χ1v) is 7.88. The first kappa shape index (κ1) is 15.5. The molecular formula is C17H20FN3O2. The second kappa shape index (κ2) is 6.81. The van der Waals surface area contributed by atoms with Crippen LogP contribution in [0, 0.1) is 5.82 Å². The smallest absolute Gasteiger partial charge is 0.409 e. The van der Waals surface area contributed by atoms with Crippen molar-refractivity contribution in [3.63, 3.8) is 0 Å². The number of likely N-dealkylation sites (tertiary alicyclic amines) is 1. The molecular weight excluding hydrogens is 297 g/mol. The minimum atomic E-state index is -0.250. The highest BCUT2D eigenvalue weighted by molar-refractivity contribution is 5.67. The lowest BCUT2D eigenvalue weighted by Gasteiger charge is -2.31. The molecule has 1 amide bonds. The molecule has 0 radical (unpaired) electrons. The number of rotatable bonds is 3. The summed E-state index contributed by atoms with van der Waals surface area (Å²) in [5.41, 5.74) is 1.73. The van der Waals surface area contributed by atoms with Gasteiger partial charge >= 0.3 is 6.09 Å². The van der Waals surface area contributed by atoms with Gasteiger partial charge in [0.05, 0.1) is 18.6 Å². The van der Waals surface area contributed by atoms with E-state index in [1.54, 1.807) is 17.0 Å². The molecule has 1 aromatic heterocycles. The summed E-state index contributed by atoms with van der Waals surface area (Å²) >= 11 is 0. The number of halogens is 1. The summed E-state index contributed by atoms with van der Waals surface area (Å²) in [6.07, 6.45) is 5.31. The number of aromatic nitrogens is 2. The molecule has 6 heteroatoms. The van der Waals surface area contributed by atoms with Crippen molar-refractivity contribution in [2.45, 2.75) is 25.8 Å². The van der Waals surface area contributed by atoms with Gasteiger partial charge in [-0.2, -0.15) is 0 Å². The fraction of sp³-hybridized carbons (Fsp3) is 0.412. The standard InChI is InChI=1S/C17H20FN3O2/c1-2-23-17(22)20-9-7-15(8-10-20)21-11-16(19-12-21)13-3-5-14(18)6-4-13/h3-6,11-12,15H,2,7-10H2,1H3. The number of benzene rings is 1. The van der Waals surface area contributed by atoms with Crippen LogP contribution in [0.5, 0.6) is 0 Å². The van der Waals surface area contributed by atoms with Crippen LogP contribution in [-0.4, -0.2) is 40.2 Å². The Morgan fingerprint density at radius 3 is 2.65 bits per heavy atom. The van der Waals surface area contributed by atoms with Gasteiger partial charge in [-0.1, -0.05) is 0 Å². The zero-order chi connectivity index (χ0) is 16.2. The van der Waals surface area contributed by atoms with Gasteiger partial charge < -0.3 is 14.2 Å². The van der Waals surface area contributed by atoms with Crippen molar-refractivity contribution < 1.29 is 13.9 Å². The molecule has 1 saturated heterocycles. The normalized spacial score (nSPS) is 15.7. The molecule has 3 rings (SSSR count). The van der Waals surface area contributed by atoms with Gasteiger partial charge in [0.2, 0.25) is 0 Å². The highest BCUT2D eigenvalue weighted by atomic mass is 19.1. The summed E-state index contributed by atoms with van der Waals surface area (Å²) in [4.78, 5) is 17.9. The van der Waals surface area contributed by atoms with Crippen LogP contribution in [-0.2, 0) is 4.74 Å². The molecule has 1 aromatic carbocycles. The first-order chi connectivity index (χ1) is 11.2. The van der Waals surface area contributed by atoms with Crippen LogP contribution in [0.4, 0.5) is 9.18 Å². The van der Waals surface area contributed by atoms with Crippen LogP contribution in [0.1, 0.15) is 25.8 Å². The zero-order valence-corrected chi connectivity index (χ0v) is 13.1. The van der Waals surface area contributed by atoms with Crippen molar-refractivity contribution in [2.24, 2.45) is 0 Å². The third-order valence-electron chi connectivity index (χ3n) is 4.15. The molecule has 0 aliphatic carbocycles. The van der Waals surface area contributed by atoms with Gasteiger partial charge in [-0.15, -0.1) is 0 Å². The van der Waals surface area contributed by atoms with E-state index >= 15 is 0 Å². The number of amides is 1. The van der Waals surface area contributed by atoms with E-state index in [0.717, 1.165) is 24.1 Å². The van der Waals surface area contributed by atoms with E-state index in [2.05, 4.69) is 9.55 Å². The van der Waals surface area contributed by atoms with Crippen molar-refractivity contribution in [3.8, 4) is 11.3 Å². The van der Waals surface area contributed by atoms with Crippen molar-refractivity contribution in [3.05, 3.63) is 42.6 Å². The number of imidazole rings is 1. The number of hydrogen-bond acceptors (Lipinski definition) is 3. The average molecular weight is 317 g/mol. The average Bonchev–Trinajstić information content (AvgIpc) is 3.06. The second-order valence-corrected chi connectivity index (χ2v) is 5.63. The van der Waals surface area contributed by atoms with Crippen molar-refractivity contribution in [1.29, 1.82) is 0 Å². The van der Waals surface area contributed by atoms with E-state index in [4.69, 9.17) is 4.74 Å². The number of carbonyl (C=O) groups excluding carboxylic acids is 1. The van der Waals surface area contributed by atoms with E-state index in [9.17, 15) is 9.18 Å². The number of ether oxygens (including phenoxy) is 1. The van der Waals surface area contributed by atoms with Gasteiger partial charge in [-0.05, 0) is 44.0 Å². The van der Waals surface area contributed by atoms with Gasteiger partial charge in [0.25, 0.3) is 0 Å². The molecule has 122 valence electrons. The molecule has 0 spiro atoms. The summed E-state index contributed by atoms with van der Waals surface area (Å²) in [5.74, 6) is -0.250. The SMILES string of the molecule is CCOC(=O)N1CCC(n2cnc(-c3ccc(F)cc3)c2)CC1. The topological polar surface area (TPSA) is 47.4 Å². The summed E-state index contributed by atoms with van der Waals surface area (Å²) in [6, 6.07) is 6.65. The van der Waals surface area contributed by atoms with Crippen LogP contribution in [0.25, 0.3) is 11.3 Å². The third kappa shape index (κ3) is 3.52. The highest BCUT2D eigenvalue weighted by Crippen LogP contribution is 2.25. The molecule has 1 aliphatic heterocycles. The molecule has 0 bridgehead atoms. The predicted molar refractivity (Wildman–Crippen MR) is 84.5 cm³/mol. The lowest BCUT2D eigenvalue weighted by Crippen LogP contribution is -2.39. The molecule has 0 unspecified atom stereocenters. The number of hydrogen-bond donors (Lipinski definition) is 0. The van der Waals surface area contributed by atoms with Gasteiger partial charge in [0.1, 0.15) is 5.82 Å². The van der Waals surface area contributed by atoms with Crippen LogP contribution in [0.15, 0.2) is 36.8 Å². The predicted octanol–water partition coefficient (Wildman–Crippen LogP) is 3.48. The van der Waals surface area contributed by atoms with Crippen LogP contribution >= 0.6 is 0 Å². The fourth-order valence-corrected chi connectivity index (χ4v) is 2.87. The monoisotopic (exact) mass is 317 g/mol. The van der Waals surface area contributed by atoms with Gasteiger partial charge in [-0.3, -0.25) is 0 Å². The summed E-state index contributed by atoms with van der Waals surface area (Å²) in [5, 5.41) is 0. The molecule has 0 N–H and O–H groups in total. The summed E-state index contributed by atoms with van der Waals surface area (Å²) in [6.45, 7) is 3.59. The van der Waals surface area contributed by atoms with E-state index in [1.165, 1.54) is 12.1 Å². The third-order valence-corrected chi connectivity index (χ3v) is 4.15. The maximum absolute atomic E-state index is 13.0. The van der Waals surface area contributed by atoms with Gasteiger partial charge in [0, 0.05) is 30.9 Å². The minimum absolute atomic E-state index is 0.233. The fourth-order valence-electron chi connectivity index (χ4n) is 2.87. The number of piperidine rings is 1. The van der Waals surface area contributed by atoms with Gasteiger partial charge in [-0.25, -0.2) is 14.2 Å². The van der Waals surface area contributed by atoms with Crippen LogP contribution in [0.2, 0.25) is 0 Å². The molecule has 0 saturated carbocycles. The van der Waals surface area contributed by atoms with Crippen molar-refractivity contribution in [1.82, 2.24) is 14.5 Å². The quantitative estimate of drug-likeness (QED) is 0.870. The van der Waals surface area contributed by atoms with E-state index in [0.29, 0.717) is 25.7 Å². The summed E-state index contributed by atoms with van der Waals surface area (Å²) in [7, 11) is 0. The molecule has 1 aliphatic rings. The summed E-state index contributed by atoms with van der Waals surface area (Å²) < 4.78 is 20.1. The Balaban J connectivity index is 1.63. The minimum Gasteiger partial charge on any atom is -0.450 e. The van der Waals surface area contributed by atoms with E-state index in [1.807, 2.05) is 19.4 Å². The van der Waals surface area contributed by atoms with E-state index < -0.39 is 0 Å². The van der Waals surface area contributed by atoms with Crippen LogP contribution < -0.4 is 0 Å². The first-order valence-electron chi connectivity index (χ1n) is 7.88. The molecule has 1 fully saturated rings. The number of nitrogens with zero attached hydrogens (tertiary/aromatic N) is 3. The molecule has 23 heavy (non-hydrogen) atoms. The maximum Gasteiger partial charge on any atom is 0.409 e. The molecule has 5 nitrogen and oxygen atoms in total. The Kier molecular flexibility index (Phi) is 4.60. The largest absolute Gasteiger partial charge is 0.450 e. The second-order valence-electron chi connectivity index (χ2n) is 5.63. The molecule has 2 heterocycles. The number of carbonyl (C=O) groups is 1. The van der Waals surface area contributed by atoms with Crippen molar-refractivity contribution in [2.75, 3.05) is 19.7 Å². The van der Waals surface area contributed by atoms with Crippen molar-refractivity contribution >= 4 is 6.09 Å². The highest BCUT2D eigenvalue weighted by Gasteiger charge is 2.24. The Labute approximate surface area is 134 Å². The Morgan fingerprint density at radius 2 is 2.00 bits per heavy atom. The van der Waals surface area contributed by atoms with E-state index in [-0.39, 0.29) is 11.9 Å². The lowest BCUT2D eigenvalue weighted by molar-refractivity contribution is 0.0927. The van der Waals surface area contributed by atoms with Gasteiger partial charge in [0.15, 0.2) is 0 Å². The lowest BCUT2D eigenvalue weighted by atomic mass is 10.1. The molecule has 2 aromatic rings.